The highest BCUT2D eigenvalue weighted by Crippen LogP contribution is 2.30. The molecule has 2 rings (SSSR count). The SMILES string of the molecule is CCCCCOc1ccc(C(C)NC(=O)CCNC(=O)c2ccccc2C)cc1OC. The standard InChI is InChI=1S/C25H34N2O4/c1-5-6-9-16-31-22-13-12-20(17-23(22)30-4)19(3)27-24(28)14-15-26-25(29)21-11-8-7-10-18(21)2/h7-8,10-13,17,19H,5-6,9,14-16H2,1-4H3,(H,26,29)(H,27,28). The fraction of sp³-hybridized carbons (Fsp3) is 0.440. The van der Waals surface area contributed by atoms with Crippen LogP contribution in [-0.2, 0) is 4.79 Å². The third-order valence-corrected chi connectivity index (χ3v) is 5.10. The largest absolute Gasteiger partial charge is 0.493 e. The van der Waals surface area contributed by atoms with Crippen molar-refractivity contribution < 1.29 is 19.1 Å². The first-order chi connectivity index (χ1) is 15.0. The number of hydrogen-bond acceptors (Lipinski definition) is 4. The summed E-state index contributed by atoms with van der Waals surface area (Å²) in [6.07, 6.45) is 3.49. The number of rotatable bonds is 12. The summed E-state index contributed by atoms with van der Waals surface area (Å²) in [4.78, 5) is 24.6. The first-order valence-corrected chi connectivity index (χ1v) is 10.9. The fourth-order valence-corrected chi connectivity index (χ4v) is 3.22. The van der Waals surface area contributed by atoms with E-state index in [1.165, 1.54) is 0 Å². The van der Waals surface area contributed by atoms with Crippen LogP contribution in [0.2, 0.25) is 0 Å². The molecule has 2 aromatic carbocycles. The lowest BCUT2D eigenvalue weighted by Crippen LogP contribution is -2.32. The van der Waals surface area contributed by atoms with Crippen LogP contribution in [0.1, 0.15) is 67.1 Å². The number of methoxy groups -OCH3 is 1. The zero-order valence-corrected chi connectivity index (χ0v) is 19.0. The van der Waals surface area contributed by atoms with Crippen LogP contribution in [0.4, 0.5) is 0 Å². The predicted molar refractivity (Wildman–Crippen MR) is 123 cm³/mol. The van der Waals surface area contributed by atoms with E-state index in [0.717, 1.165) is 30.4 Å². The van der Waals surface area contributed by atoms with Crippen LogP contribution in [0.3, 0.4) is 0 Å². The minimum Gasteiger partial charge on any atom is -0.493 e. The van der Waals surface area contributed by atoms with E-state index in [2.05, 4.69) is 17.6 Å². The maximum absolute atomic E-state index is 12.3. The average molecular weight is 427 g/mol. The van der Waals surface area contributed by atoms with Gasteiger partial charge in [0, 0.05) is 18.5 Å². The van der Waals surface area contributed by atoms with Gasteiger partial charge in [-0.15, -0.1) is 0 Å². The molecule has 0 saturated heterocycles. The molecule has 6 heteroatoms. The molecular formula is C25H34N2O4. The summed E-state index contributed by atoms with van der Waals surface area (Å²) < 4.78 is 11.3. The van der Waals surface area contributed by atoms with Crippen molar-refractivity contribution in [1.29, 1.82) is 0 Å². The second kappa shape index (κ2) is 12.6. The van der Waals surface area contributed by atoms with Crippen LogP contribution in [0.25, 0.3) is 0 Å². The second-order valence-electron chi connectivity index (χ2n) is 7.58. The lowest BCUT2D eigenvalue weighted by Gasteiger charge is -2.17. The van der Waals surface area contributed by atoms with Gasteiger partial charge in [0.15, 0.2) is 11.5 Å². The normalized spacial score (nSPS) is 11.5. The van der Waals surface area contributed by atoms with Crippen LogP contribution in [0, 0.1) is 6.92 Å². The molecule has 1 unspecified atom stereocenters. The number of nitrogens with one attached hydrogen (secondary N) is 2. The van der Waals surface area contributed by atoms with Gasteiger partial charge in [-0.2, -0.15) is 0 Å². The molecule has 0 aliphatic rings. The number of aryl methyl sites for hydroxylation is 1. The van der Waals surface area contributed by atoms with Gasteiger partial charge in [0.25, 0.3) is 5.91 Å². The summed E-state index contributed by atoms with van der Waals surface area (Å²) in [6.45, 7) is 6.90. The molecule has 0 aliphatic carbocycles. The summed E-state index contributed by atoms with van der Waals surface area (Å²) >= 11 is 0. The van der Waals surface area contributed by atoms with Gasteiger partial charge in [0.1, 0.15) is 0 Å². The number of hydrogen-bond donors (Lipinski definition) is 2. The van der Waals surface area contributed by atoms with Crippen molar-refractivity contribution in [2.75, 3.05) is 20.3 Å². The van der Waals surface area contributed by atoms with Crippen molar-refractivity contribution in [2.45, 2.75) is 52.5 Å². The Hall–Kier alpha value is -3.02. The third kappa shape index (κ3) is 7.63. The summed E-state index contributed by atoms with van der Waals surface area (Å²) in [5.74, 6) is 1.06. The van der Waals surface area contributed by atoms with E-state index in [-0.39, 0.29) is 30.8 Å². The maximum atomic E-state index is 12.3. The summed E-state index contributed by atoms with van der Waals surface area (Å²) in [5.41, 5.74) is 2.46. The van der Waals surface area contributed by atoms with Crippen LogP contribution in [0.15, 0.2) is 42.5 Å². The molecule has 168 valence electrons. The molecule has 0 aliphatic heterocycles. The summed E-state index contributed by atoms with van der Waals surface area (Å²) in [5, 5.41) is 5.77. The van der Waals surface area contributed by atoms with Gasteiger partial charge in [0.2, 0.25) is 5.91 Å². The molecule has 0 radical (unpaired) electrons. The average Bonchev–Trinajstić information content (AvgIpc) is 2.76. The number of carbonyl (C=O) groups is 2. The molecule has 1 atom stereocenters. The van der Waals surface area contributed by atoms with Crippen molar-refractivity contribution in [3.8, 4) is 11.5 Å². The zero-order chi connectivity index (χ0) is 22.6. The molecule has 2 aromatic rings. The molecule has 2 amide bonds. The molecule has 31 heavy (non-hydrogen) atoms. The molecule has 0 saturated carbocycles. The Labute approximate surface area is 185 Å². The van der Waals surface area contributed by atoms with E-state index in [4.69, 9.17) is 9.47 Å². The van der Waals surface area contributed by atoms with Crippen molar-refractivity contribution in [2.24, 2.45) is 0 Å². The number of ether oxygens (including phenoxy) is 2. The molecule has 0 heterocycles. The van der Waals surface area contributed by atoms with Gasteiger partial charge >= 0.3 is 0 Å². The Balaban J connectivity index is 1.83. The van der Waals surface area contributed by atoms with Gasteiger partial charge in [-0.25, -0.2) is 0 Å². The van der Waals surface area contributed by atoms with E-state index in [1.54, 1.807) is 13.2 Å². The molecule has 0 fully saturated rings. The number of amides is 2. The van der Waals surface area contributed by atoms with Crippen LogP contribution in [-0.4, -0.2) is 32.1 Å². The van der Waals surface area contributed by atoms with Gasteiger partial charge < -0.3 is 20.1 Å². The lowest BCUT2D eigenvalue weighted by molar-refractivity contribution is -0.121. The van der Waals surface area contributed by atoms with Gasteiger partial charge in [-0.05, 0) is 49.6 Å². The predicted octanol–water partition coefficient (Wildman–Crippen LogP) is 4.57. The Kier molecular flexibility index (Phi) is 9.88. The molecule has 6 nitrogen and oxygen atoms in total. The Morgan fingerprint density at radius 1 is 1.06 bits per heavy atom. The highest BCUT2D eigenvalue weighted by atomic mass is 16.5. The Bertz CT molecular complexity index is 866. The lowest BCUT2D eigenvalue weighted by atomic mass is 10.1. The topological polar surface area (TPSA) is 76.7 Å². The van der Waals surface area contributed by atoms with Crippen molar-refractivity contribution in [3.63, 3.8) is 0 Å². The maximum Gasteiger partial charge on any atom is 0.251 e. The monoisotopic (exact) mass is 426 g/mol. The van der Waals surface area contributed by atoms with Gasteiger partial charge in [-0.3, -0.25) is 9.59 Å². The van der Waals surface area contributed by atoms with Gasteiger partial charge in [0.05, 0.1) is 19.8 Å². The summed E-state index contributed by atoms with van der Waals surface area (Å²) in [6, 6.07) is 12.9. The molecule has 2 N–H and O–H groups in total. The number of unbranched alkanes of at least 4 members (excludes halogenated alkanes) is 2. The van der Waals surface area contributed by atoms with E-state index in [1.807, 2.05) is 50.2 Å². The van der Waals surface area contributed by atoms with E-state index in [9.17, 15) is 9.59 Å². The molecule has 0 spiro atoms. The molecule has 0 aromatic heterocycles. The van der Waals surface area contributed by atoms with E-state index in [0.29, 0.717) is 23.7 Å². The smallest absolute Gasteiger partial charge is 0.251 e. The van der Waals surface area contributed by atoms with E-state index >= 15 is 0 Å². The first-order valence-electron chi connectivity index (χ1n) is 10.9. The third-order valence-electron chi connectivity index (χ3n) is 5.10. The first kappa shape index (κ1) is 24.3. The van der Waals surface area contributed by atoms with Gasteiger partial charge in [-0.1, -0.05) is 44.0 Å². The fourth-order valence-electron chi connectivity index (χ4n) is 3.22. The minimum absolute atomic E-state index is 0.128. The van der Waals surface area contributed by atoms with Crippen molar-refractivity contribution in [1.82, 2.24) is 10.6 Å². The van der Waals surface area contributed by atoms with E-state index < -0.39 is 0 Å². The quantitative estimate of drug-likeness (QED) is 0.488. The Morgan fingerprint density at radius 2 is 1.84 bits per heavy atom. The van der Waals surface area contributed by atoms with Crippen molar-refractivity contribution >= 4 is 11.8 Å². The highest BCUT2D eigenvalue weighted by molar-refractivity contribution is 5.95. The Morgan fingerprint density at radius 3 is 2.55 bits per heavy atom. The van der Waals surface area contributed by atoms with Crippen LogP contribution < -0.4 is 20.1 Å². The number of benzene rings is 2. The second-order valence-corrected chi connectivity index (χ2v) is 7.58. The van der Waals surface area contributed by atoms with Crippen LogP contribution in [0.5, 0.6) is 11.5 Å². The number of carbonyl (C=O) groups excluding carboxylic acids is 2. The van der Waals surface area contributed by atoms with Crippen molar-refractivity contribution in [3.05, 3.63) is 59.2 Å². The zero-order valence-electron chi connectivity index (χ0n) is 19.0. The minimum atomic E-state index is -0.192. The molecular weight excluding hydrogens is 392 g/mol. The summed E-state index contributed by atoms with van der Waals surface area (Å²) in [7, 11) is 1.61. The highest BCUT2D eigenvalue weighted by Gasteiger charge is 2.14. The molecule has 0 bridgehead atoms. The van der Waals surface area contributed by atoms with Crippen LogP contribution >= 0.6 is 0 Å².